The van der Waals surface area contributed by atoms with Gasteiger partial charge in [-0.1, -0.05) is 13.8 Å². The van der Waals surface area contributed by atoms with Crippen molar-refractivity contribution in [2.45, 2.75) is 40.3 Å². The first-order valence-electron chi connectivity index (χ1n) is 7.80. The zero-order chi connectivity index (χ0) is 18.0. The van der Waals surface area contributed by atoms with Crippen LogP contribution in [-0.4, -0.2) is 32.6 Å². The van der Waals surface area contributed by atoms with Crippen LogP contribution in [0.5, 0.6) is 0 Å². The normalized spacial score (nSPS) is 12.4. The molecule has 0 unspecified atom stereocenters. The molecule has 7 heteroatoms. The Morgan fingerprint density at radius 1 is 1.33 bits per heavy atom. The van der Waals surface area contributed by atoms with Crippen molar-refractivity contribution >= 4 is 22.9 Å². The number of rotatable bonds is 5. The number of aryl methyl sites for hydroxylation is 2. The van der Waals surface area contributed by atoms with E-state index in [0.717, 1.165) is 5.69 Å². The van der Waals surface area contributed by atoms with Crippen molar-refractivity contribution < 1.29 is 14.7 Å². The number of carboxylic acid groups (broad SMARTS) is 1. The fraction of sp³-hybridized carbons (Fsp3) is 0.412. The van der Waals surface area contributed by atoms with E-state index in [9.17, 15) is 19.5 Å². The fourth-order valence-corrected chi connectivity index (χ4v) is 2.50. The average molecular weight is 331 g/mol. The first-order chi connectivity index (χ1) is 11.3. The van der Waals surface area contributed by atoms with E-state index in [1.165, 1.54) is 6.20 Å². The van der Waals surface area contributed by atoms with Crippen LogP contribution in [0.4, 0.5) is 0 Å². The average Bonchev–Trinajstić information content (AvgIpc) is 2.52. The molecule has 0 fully saturated rings. The molecule has 128 valence electrons. The third kappa shape index (κ3) is 3.29. The largest absolute Gasteiger partial charge is 0.480 e. The molecular formula is C17H21N3O4. The Balaban J connectivity index is 2.55. The number of nitrogens with one attached hydrogen (secondary N) is 1. The summed E-state index contributed by atoms with van der Waals surface area (Å²) in [6, 6.07) is 2.29. The minimum absolute atomic E-state index is 0.0816. The molecule has 0 radical (unpaired) electrons. The summed E-state index contributed by atoms with van der Waals surface area (Å²) in [5.41, 5.74) is 0.749. The van der Waals surface area contributed by atoms with Crippen LogP contribution >= 0.6 is 0 Å². The van der Waals surface area contributed by atoms with Crippen molar-refractivity contribution in [2.24, 2.45) is 5.92 Å². The number of aliphatic carboxylic acids is 1. The summed E-state index contributed by atoms with van der Waals surface area (Å²) in [6.45, 7) is 7.61. The summed E-state index contributed by atoms with van der Waals surface area (Å²) < 4.78 is 1.71. The van der Waals surface area contributed by atoms with Gasteiger partial charge in [-0.15, -0.1) is 0 Å². The van der Waals surface area contributed by atoms with E-state index >= 15 is 0 Å². The molecule has 0 aromatic carbocycles. The maximum atomic E-state index is 12.6. The van der Waals surface area contributed by atoms with E-state index in [2.05, 4.69) is 10.3 Å². The quantitative estimate of drug-likeness (QED) is 0.866. The molecule has 0 saturated carbocycles. The van der Waals surface area contributed by atoms with Crippen molar-refractivity contribution in [1.82, 2.24) is 14.9 Å². The predicted molar refractivity (Wildman–Crippen MR) is 90.1 cm³/mol. The molecular weight excluding hydrogens is 310 g/mol. The molecule has 0 spiro atoms. The van der Waals surface area contributed by atoms with Gasteiger partial charge in [0.15, 0.2) is 0 Å². The second-order valence-electron chi connectivity index (χ2n) is 6.02. The number of carbonyl (C=O) groups excluding carboxylic acids is 1. The van der Waals surface area contributed by atoms with E-state index in [-0.39, 0.29) is 11.5 Å². The smallest absolute Gasteiger partial charge is 0.326 e. The van der Waals surface area contributed by atoms with Gasteiger partial charge in [0.25, 0.3) is 5.91 Å². The Labute approximate surface area is 139 Å². The number of amides is 1. The summed E-state index contributed by atoms with van der Waals surface area (Å²) in [5.74, 6) is -2.12. The second kappa shape index (κ2) is 6.82. The SMILES string of the molecule is CCn1cc(C(=O)N[C@@H](C(=O)O)C(C)C)c(=O)c2ccc(C)nc21. The lowest BCUT2D eigenvalue weighted by Gasteiger charge is -2.18. The van der Waals surface area contributed by atoms with Crippen LogP contribution in [0.2, 0.25) is 0 Å². The Bertz CT molecular complexity index is 855. The molecule has 0 aliphatic rings. The van der Waals surface area contributed by atoms with Crippen LogP contribution in [0.3, 0.4) is 0 Å². The zero-order valence-electron chi connectivity index (χ0n) is 14.2. The summed E-state index contributed by atoms with van der Waals surface area (Å²) in [7, 11) is 0. The van der Waals surface area contributed by atoms with Crippen LogP contribution in [0.1, 0.15) is 36.8 Å². The minimum atomic E-state index is -1.13. The molecule has 2 aromatic heterocycles. The van der Waals surface area contributed by atoms with Gasteiger partial charge < -0.3 is 15.0 Å². The van der Waals surface area contributed by atoms with Gasteiger partial charge in [-0.2, -0.15) is 0 Å². The topological polar surface area (TPSA) is 101 Å². The van der Waals surface area contributed by atoms with E-state index in [4.69, 9.17) is 0 Å². The van der Waals surface area contributed by atoms with Crippen LogP contribution in [-0.2, 0) is 11.3 Å². The lowest BCUT2D eigenvalue weighted by Crippen LogP contribution is -2.45. The maximum absolute atomic E-state index is 12.6. The van der Waals surface area contributed by atoms with Crippen molar-refractivity contribution in [3.05, 3.63) is 39.8 Å². The molecule has 1 amide bonds. The van der Waals surface area contributed by atoms with Crippen molar-refractivity contribution in [3.8, 4) is 0 Å². The van der Waals surface area contributed by atoms with Gasteiger partial charge in [-0.3, -0.25) is 9.59 Å². The van der Waals surface area contributed by atoms with Gasteiger partial charge in [-0.05, 0) is 31.9 Å². The highest BCUT2D eigenvalue weighted by Gasteiger charge is 2.25. The summed E-state index contributed by atoms with van der Waals surface area (Å²) in [5, 5.41) is 12.0. The first-order valence-corrected chi connectivity index (χ1v) is 7.80. The van der Waals surface area contributed by atoms with Crippen LogP contribution in [0, 0.1) is 12.8 Å². The lowest BCUT2D eigenvalue weighted by atomic mass is 10.0. The van der Waals surface area contributed by atoms with Crippen molar-refractivity contribution in [3.63, 3.8) is 0 Å². The molecule has 2 rings (SSSR count). The third-order valence-electron chi connectivity index (χ3n) is 3.87. The fourth-order valence-electron chi connectivity index (χ4n) is 2.50. The van der Waals surface area contributed by atoms with Crippen molar-refractivity contribution in [2.75, 3.05) is 0 Å². The predicted octanol–water partition coefficient (Wildman–Crippen LogP) is 1.56. The number of carboxylic acids is 1. The highest BCUT2D eigenvalue weighted by molar-refractivity contribution is 5.98. The number of aromatic nitrogens is 2. The molecule has 0 saturated heterocycles. The summed E-state index contributed by atoms with van der Waals surface area (Å²) in [6.07, 6.45) is 1.44. The molecule has 2 N–H and O–H groups in total. The molecule has 0 bridgehead atoms. The van der Waals surface area contributed by atoms with Gasteiger partial charge in [0, 0.05) is 18.4 Å². The number of hydrogen-bond acceptors (Lipinski definition) is 4. The number of carbonyl (C=O) groups is 2. The van der Waals surface area contributed by atoms with Gasteiger partial charge in [-0.25, -0.2) is 9.78 Å². The molecule has 1 atom stereocenters. The Morgan fingerprint density at radius 3 is 2.54 bits per heavy atom. The molecule has 2 aromatic rings. The van der Waals surface area contributed by atoms with Crippen LogP contribution < -0.4 is 10.7 Å². The Morgan fingerprint density at radius 2 is 2.00 bits per heavy atom. The van der Waals surface area contributed by atoms with E-state index < -0.39 is 23.3 Å². The maximum Gasteiger partial charge on any atom is 0.326 e. The Kier molecular flexibility index (Phi) is 5.02. The van der Waals surface area contributed by atoms with Crippen LogP contribution in [0.25, 0.3) is 11.0 Å². The molecule has 24 heavy (non-hydrogen) atoms. The Hall–Kier alpha value is -2.70. The number of fused-ring (bicyclic) bond motifs is 1. The molecule has 0 aliphatic heterocycles. The summed E-state index contributed by atoms with van der Waals surface area (Å²) in [4.78, 5) is 40.7. The van der Waals surface area contributed by atoms with Gasteiger partial charge >= 0.3 is 5.97 Å². The monoisotopic (exact) mass is 331 g/mol. The standard InChI is InChI=1S/C17H21N3O4/c1-5-20-8-12(16(22)19-13(9(2)3)17(23)24)14(21)11-7-6-10(4)18-15(11)20/h6-9,13H,5H2,1-4H3,(H,19,22)(H,23,24)/t13-/m1/s1. The van der Waals surface area contributed by atoms with Gasteiger partial charge in [0.05, 0.1) is 5.39 Å². The number of pyridine rings is 2. The summed E-state index contributed by atoms with van der Waals surface area (Å²) >= 11 is 0. The van der Waals surface area contributed by atoms with Crippen LogP contribution in [0.15, 0.2) is 23.1 Å². The molecule has 7 nitrogen and oxygen atoms in total. The van der Waals surface area contributed by atoms with E-state index in [0.29, 0.717) is 17.6 Å². The number of hydrogen-bond donors (Lipinski definition) is 2. The highest BCUT2D eigenvalue weighted by atomic mass is 16.4. The van der Waals surface area contributed by atoms with Crippen molar-refractivity contribution in [1.29, 1.82) is 0 Å². The lowest BCUT2D eigenvalue weighted by molar-refractivity contribution is -0.140. The zero-order valence-corrected chi connectivity index (χ0v) is 14.2. The van der Waals surface area contributed by atoms with Gasteiger partial charge in [0.2, 0.25) is 5.43 Å². The highest BCUT2D eigenvalue weighted by Crippen LogP contribution is 2.11. The van der Waals surface area contributed by atoms with Gasteiger partial charge in [0.1, 0.15) is 17.3 Å². The molecule has 0 aliphatic carbocycles. The van der Waals surface area contributed by atoms with E-state index in [1.54, 1.807) is 30.5 Å². The number of nitrogens with zero attached hydrogens (tertiary/aromatic N) is 2. The third-order valence-corrected chi connectivity index (χ3v) is 3.87. The minimum Gasteiger partial charge on any atom is -0.480 e. The first kappa shape index (κ1) is 17.7. The van der Waals surface area contributed by atoms with E-state index in [1.807, 2.05) is 13.8 Å². The second-order valence-corrected chi connectivity index (χ2v) is 6.02. The molecule has 2 heterocycles.